The van der Waals surface area contributed by atoms with Crippen LogP contribution >= 0.6 is 11.3 Å². The van der Waals surface area contributed by atoms with Gasteiger partial charge in [0.2, 0.25) is 5.91 Å². The third-order valence-electron chi connectivity index (χ3n) is 3.12. The number of halogens is 2. The number of nitrogens with zero attached hydrogens (tertiary/aromatic N) is 1. The van der Waals surface area contributed by atoms with Gasteiger partial charge in [-0.2, -0.15) is 0 Å². The number of rotatable bonds is 5. The minimum absolute atomic E-state index is 0.0120. The third kappa shape index (κ3) is 4.08. The van der Waals surface area contributed by atoms with Gasteiger partial charge >= 0.3 is 0 Å². The lowest BCUT2D eigenvalue weighted by Gasteiger charge is -2.11. The number of thiazole rings is 1. The highest BCUT2D eigenvalue weighted by atomic mass is 32.1. The van der Waals surface area contributed by atoms with Crippen LogP contribution in [0.4, 0.5) is 14.5 Å². The standard InChI is InChI=1S/C15H17F2N3OS/c1-8(2)14(18)15-19-10(7-22-15)6-13(21)20-12-4-3-9(16)5-11(12)17/h3-5,7-8,14H,6,18H2,1-2H3,(H,20,21). The molecule has 1 atom stereocenters. The van der Waals surface area contributed by atoms with Crippen molar-refractivity contribution in [1.29, 1.82) is 0 Å². The Morgan fingerprint density at radius 3 is 2.77 bits per heavy atom. The Morgan fingerprint density at radius 1 is 1.41 bits per heavy atom. The molecule has 1 amide bonds. The molecule has 0 saturated carbocycles. The van der Waals surface area contributed by atoms with Gasteiger partial charge in [-0.3, -0.25) is 4.79 Å². The molecule has 1 heterocycles. The quantitative estimate of drug-likeness (QED) is 0.886. The monoisotopic (exact) mass is 325 g/mol. The number of amides is 1. The largest absolute Gasteiger partial charge is 0.323 e. The van der Waals surface area contributed by atoms with Gasteiger partial charge in [-0.05, 0) is 18.1 Å². The van der Waals surface area contributed by atoms with E-state index in [4.69, 9.17) is 5.73 Å². The molecular formula is C15H17F2N3OS. The number of carbonyl (C=O) groups is 1. The predicted molar refractivity (Wildman–Crippen MR) is 82.6 cm³/mol. The van der Waals surface area contributed by atoms with Crippen molar-refractivity contribution in [2.45, 2.75) is 26.3 Å². The molecule has 3 N–H and O–H groups in total. The Balaban J connectivity index is 2.00. The first-order valence-electron chi connectivity index (χ1n) is 6.81. The van der Waals surface area contributed by atoms with Gasteiger partial charge in [0, 0.05) is 11.4 Å². The Bertz CT molecular complexity index is 673. The highest BCUT2D eigenvalue weighted by molar-refractivity contribution is 7.09. The van der Waals surface area contributed by atoms with Crippen LogP contribution in [0, 0.1) is 17.6 Å². The number of benzene rings is 1. The fourth-order valence-corrected chi connectivity index (χ4v) is 2.78. The molecule has 0 radical (unpaired) electrons. The summed E-state index contributed by atoms with van der Waals surface area (Å²) in [6.07, 6.45) is 0.0120. The second kappa shape index (κ2) is 6.93. The Hall–Kier alpha value is -1.86. The molecule has 1 aromatic heterocycles. The topological polar surface area (TPSA) is 68.0 Å². The molecule has 0 aliphatic carbocycles. The van der Waals surface area contributed by atoms with Gasteiger partial charge in [-0.15, -0.1) is 11.3 Å². The van der Waals surface area contributed by atoms with Crippen molar-refractivity contribution in [2.24, 2.45) is 11.7 Å². The van der Waals surface area contributed by atoms with Crippen LogP contribution in [0.25, 0.3) is 0 Å². The van der Waals surface area contributed by atoms with Crippen LogP contribution in [0.5, 0.6) is 0 Å². The minimum atomic E-state index is -0.811. The zero-order valence-electron chi connectivity index (χ0n) is 12.3. The van der Waals surface area contributed by atoms with Gasteiger partial charge in [0.1, 0.15) is 16.6 Å². The molecule has 0 bridgehead atoms. The summed E-state index contributed by atoms with van der Waals surface area (Å²) in [5, 5.41) is 4.93. The molecule has 0 spiro atoms. The predicted octanol–water partition coefficient (Wildman–Crippen LogP) is 3.26. The van der Waals surface area contributed by atoms with E-state index in [0.29, 0.717) is 5.69 Å². The number of nitrogens with one attached hydrogen (secondary N) is 1. The maximum Gasteiger partial charge on any atom is 0.230 e. The van der Waals surface area contributed by atoms with Gasteiger partial charge in [0.05, 0.1) is 23.8 Å². The highest BCUT2D eigenvalue weighted by Gasteiger charge is 2.16. The van der Waals surface area contributed by atoms with Crippen LogP contribution in [-0.2, 0) is 11.2 Å². The molecular weight excluding hydrogens is 308 g/mol. The lowest BCUT2D eigenvalue weighted by Crippen LogP contribution is -2.18. The number of nitrogens with two attached hydrogens (primary N) is 1. The van der Waals surface area contributed by atoms with E-state index in [9.17, 15) is 13.6 Å². The second-order valence-corrected chi connectivity index (χ2v) is 6.19. The molecule has 2 rings (SSSR count). The Labute approximate surface area is 131 Å². The molecule has 0 fully saturated rings. The molecule has 1 aromatic carbocycles. The fourth-order valence-electron chi connectivity index (χ4n) is 1.79. The third-order valence-corrected chi connectivity index (χ3v) is 4.11. The van der Waals surface area contributed by atoms with Crippen LogP contribution in [0.1, 0.15) is 30.6 Å². The van der Waals surface area contributed by atoms with Gasteiger partial charge in [0.15, 0.2) is 0 Å². The second-order valence-electron chi connectivity index (χ2n) is 5.30. The van der Waals surface area contributed by atoms with Crippen molar-refractivity contribution in [3.05, 3.63) is 45.9 Å². The van der Waals surface area contributed by atoms with Gasteiger partial charge < -0.3 is 11.1 Å². The Morgan fingerprint density at radius 2 is 2.14 bits per heavy atom. The zero-order chi connectivity index (χ0) is 16.3. The van der Waals surface area contributed by atoms with Crippen molar-refractivity contribution < 1.29 is 13.6 Å². The van der Waals surface area contributed by atoms with Crippen LogP contribution in [0.3, 0.4) is 0 Å². The molecule has 2 aromatic rings. The van der Waals surface area contributed by atoms with Crippen molar-refractivity contribution in [2.75, 3.05) is 5.32 Å². The van der Waals surface area contributed by atoms with E-state index in [-0.39, 0.29) is 24.1 Å². The minimum Gasteiger partial charge on any atom is -0.323 e. The number of aromatic nitrogens is 1. The number of carbonyl (C=O) groups excluding carboxylic acids is 1. The molecule has 0 aliphatic rings. The van der Waals surface area contributed by atoms with E-state index in [0.717, 1.165) is 17.1 Å². The summed E-state index contributed by atoms with van der Waals surface area (Å²) in [6.45, 7) is 3.99. The SMILES string of the molecule is CC(C)C(N)c1nc(CC(=O)Nc2ccc(F)cc2F)cs1. The van der Waals surface area contributed by atoms with Crippen molar-refractivity contribution >= 4 is 22.9 Å². The average molecular weight is 325 g/mol. The van der Waals surface area contributed by atoms with Crippen LogP contribution in [-0.4, -0.2) is 10.9 Å². The van der Waals surface area contributed by atoms with Crippen LogP contribution in [0.2, 0.25) is 0 Å². The number of hydrogen-bond donors (Lipinski definition) is 2. The summed E-state index contributed by atoms with van der Waals surface area (Å²) in [4.78, 5) is 16.2. The lowest BCUT2D eigenvalue weighted by molar-refractivity contribution is -0.115. The maximum absolute atomic E-state index is 13.5. The van der Waals surface area contributed by atoms with E-state index >= 15 is 0 Å². The summed E-state index contributed by atoms with van der Waals surface area (Å²) in [6, 6.07) is 2.82. The molecule has 118 valence electrons. The zero-order valence-corrected chi connectivity index (χ0v) is 13.1. The van der Waals surface area contributed by atoms with Crippen molar-refractivity contribution in [3.8, 4) is 0 Å². The first kappa shape index (κ1) is 16.5. The van der Waals surface area contributed by atoms with Gasteiger partial charge in [-0.1, -0.05) is 13.8 Å². The highest BCUT2D eigenvalue weighted by Crippen LogP contribution is 2.23. The maximum atomic E-state index is 13.5. The molecule has 4 nitrogen and oxygen atoms in total. The van der Waals surface area contributed by atoms with Crippen molar-refractivity contribution in [1.82, 2.24) is 4.98 Å². The smallest absolute Gasteiger partial charge is 0.230 e. The lowest BCUT2D eigenvalue weighted by atomic mass is 10.1. The number of anilines is 1. The normalized spacial score (nSPS) is 12.5. The van der Waals surface area contributed by atoms with Gasteiger partial charge in [0.25, 0.3) is 0 Å². The summed E-state index contributed by atoms with van der Waals surface area (Å²) in [7, 11) is 0. The van der Waals surface area contributed by atoms with E-state index in [1.807, 2.05) is 13.8 Å². The summed E-state index contributed by atoms with van der Waals surface area (Å²) < 4.78 is 26.3. The van der Waals surface area contributed by atoms with Crippen LogP contribution in [0.15, 0.2) is 23.6 Å². The average Bonchev–Trinajstić information content (AvgIpc) is 2.89. The summed E-state index contributed by atoms with van der Waals surface area (Å²) >= 11 is 1.40. The summed E-state index contributed by atoms with van der Waals surface area (Å²) in [5.74, 6) is -1.67. The first-order valence-corrected chi connectivity index (χ1v) is 7.69. The van der Waals surface area contributed by atoms with Crippen molar-refractivity contribution in [3.63, 3.8) is 0 Å². The van der Waals surface area contributed by atoms with E-state index < -0.39 is 17.5 Å². The van der Waals surface area contributed by atoms with E-state index in [1.165, 1.54) is 17.4 Å². The first-order chi connectivity index (χ1) is 10.4. The van der Waals surface area contributed by atoms with Gasteiger partial charge in [-0.25, -0.2) is 13.8 Å². The van der Waals surface area contributed by atoms with Crippen LogP contribution < -0.4 is 11.1 Å². The molecule has 0 saturated heterocycles. The number of hydrogen-bond acceptors (Lipinski definition) is 4. The molecule has 22 heavy (non-hydrogen) atoms. The fraction of sp³-hybridized carbons (Fsp3) is 0.333. The summed E-state index contributed by atoms with van der Waals surface area (Å²) in [5.41, 5.74) is 6.53. The van der Waals surface area contributed by atoms with E-state index in [1.54, 1.807) is 5.38 Å². The molecule has 7 heteroatoms. The molecule has 1 unspecified atom stereocenters. The van der Waals surface area contributed by atoms with E-state index in [2.05, 4.69) is 10.3 Å². The molecule has 0 aliphatic heterocycles. The Kier molecular flexibility index (Phi) is 5.20.